The molecule has 0 aromatic carbocycles. The van der Waals surface area contributed by atoms with Crippen molar-refractivity contribution in [3.63, 3.8) is 0 Å². The Balaban J connectivity index is 4.39. The van der Waals surface area contributed by atoms with Crippen LogP contribution in [0.3, 0.4) is 0 Å². The summed E-state index contributed by atoms with van der Waals surface area (Å²) >= 11 is 0. The summed E-state index contributed by atoms with van der Waals surface area (Å²) in [5, 5.41) is 8.21. The minimum absolute atomic E-state index is 0.454. The van der Waals surface area contributed by atoms with Crippen molar-refractivity contribution in [3.8, 4) is 11.5 Å². The summed E-state index contributed by atoms with van der Waals surface area (Å²) in [7, 11) is -0.947. The quantitative estimate of drug-likeness (QED) is 0.515. The van der Waals surface area contributed by atoms with Gasteiger partial charge in [-0.25, -0.2) is 0 Å². The van der Waals surface area contributed by atoms with E-state index in [1.54, 1.807) is 0 Å². The van der Waals surface area contributed by atoms with Gasteiger partial charge in [0.2, 0.25) is 0 Å². The molecule has 0 spiro atoms. The second-order valence-corrected chi connectivity index (χ2v) is 2.13. The van der Waals surface area contributed by atoms with Gasteiger partial charge in [0.25, 0.3) is 0 Å². The molecule has 5 nitrogen and oxygen atoms in total. The molecular weight excluding hydrogens is 188 g/mol. The predicted octanol–water partition coefficient (Wildman–Crippen LogP) is 0.790. The van der Waals surface area contributed by atoms with Gasteiger partial charge in [-0.3, -0.25) is 0 Å². The number of hydrogen-bond donors (Lipinski definition) is 1. The Morgan fingerprint density at radius 1 is 1.36 bits per heavy atom. The third kappa shape index (κ3) is 5.87. The van der Waals surface area contributed by atoms with E-state index in [2.05, 4.69) is 11.5 Å². The van der Waals surface area contributed by atoms with Crippen LogP contribution in [0.2, 0.25) is 0 Å². The molecular formula is C4H3NO4P2. The van der Waals surface area contributed by atoms with E-state index in [4.69, 9.17) is 5.11 Å². The third-order valence-corrected chi connectivity index (χ3v) is 1.26. The Hall–Kier alpha value is -0.550. The zero-order chi connectivity index (χ0) is 8.69. The van der Waals surface area contributed by atoms with E-state index in [0.29, 0.717) is 0 Å². The van der Waals surface area contributed by atoms with Gasteiger partial charge in [0.05, 0.1) is 0 Å². The van der Waals surface area contributed by atoms with Crippen molar-refractivity contribution in [2.75, 3.05) is 6.54 Å². The zero-order valence-electron chi connectivity index (χ0n) is 5.22. The first kappa shape index (κ1) is 10.4. The van der Waals surface area contributed by atoms with Gasteiger partial charge in [0.15, 0.2) is 0 Å². The molecule has 0 rings (SSSR count). The molecule has 0 amide bonds. The molecule has 0 atom stereocenters. The standard InChI is InChI=1S/C4H3NO4P2/c6-4(7)1-5(2-10-8)3-11-9/h1H2,(H,6,7). The second-order valence-electron chi connectivity index (χ2n) is 1.36. The first-order valence-electron chi connectivity index (χ1n) is 2.36. The number of carbonyl (C=O) groups is 1. The Bertz CT molecular complexity index is 310. The average molecular weight is 191 g/mol. The molecule has 1 N–H and O–H groups in total. The molecule has 7 heteroatoms. The summed E-state index contributed by atoms with van der Waals surface area (Å²) in [4.78, 5) is 10.8. The van der Waals surface area contributed by atoms with E-state index in [1.165, 1.54) is 0 Å². The van der Waals surface area contributed by atoms with Crippen LogP contribution in [0.25, 0.3) is 0 Å². The van der Waals surface area contributed by atoms with Gasteiger partial charge in [-0.05, 0) is 0 Å². The normalized spacial score (nSPS) is 8.09. The van der Waals surface area contributed by atoms with E-state index in [1.807, 2.05) is 0 Å². The fraction of sp³-hybridized carbons (Fsp3) is 0.250. The molecule has 0 fully saturated rings. The molecule has 0 saturated carbocycles. The summed E-state index contributed by atoms with van der Waals surface area (Å²) in [6.45, 7) is -0.454. The molecule has 0 aliphatic carbocycles. The average Bonchev–Trinajstić information content (AvgIpc) is 1.87. The van der Waals surface area contributed by atoms with Crippen LogP contribution in [0.4, 0.5) is 0 Å². The molecule has 0 bridgehead atoms. The van der Waals surface area contributed by atoms with Gasteiger partial charge in [0.1, 0.15) is 0 Å². The van der Waals surface area contributed by atoms with Crippen LogP contribution in [0, 0.1) is 11.5 Å². The van der Waals surface area contributed by atoms with E-state index in [9.17, 15) is 13.9 Å². The fourth-order valence-corrected chi connectivity index (χ4v) is 0.844. The maximum absolute atomic E-state index is 10.0. The van der Waals surface area contributed by atoms with Crippen molar-refractivity contribution in [3.05, 3.63) is 0 Å². The second kappa shape index (κ2) is 6.18. The summed E-state index contributed by atoms with van der Waals surface area (Å²) in [5.74, 6) is 2.99. The Morgan fingerprint density at radius 3 is 2.09 bits per heavy atom. The van der Waals surface area contributed by atoms with Gasteiger partial charge in [0, 0.05) is 0 Å². The predicted molar refractivity (Wildman–Crippen MR) is 37.3 cm³/mol. The van der Waals surface area contributed by atoms with Gasteiger partial charge in [-0.15, -0.1) is 0 Å². The Morgan fingerprint density at radius 2 is 1.82 bits per heavy atom. The van der Waals surface area contributed by atoms with Crippen molar-refractivity contribution < 1.29 is 19.0 Å². The Kier molecular flexibility index (Phi) is 5.87. The van der Waals surface area contributed by atoms with Crippen LogP contribution in [-0.2, 0) is 13.9 Å². The number of nitrogens with zero attached hydrogens (tertiary/aromatic N) is 1. The molecule has 0 aliphatic rings. The van der Waals surface area contributed by atoms with Crippen molar-refractivity contribution in [2.24, 2.45) is 0 Å². The van der Waals surface area contributed by atoms with Crippen molar-refractivity contribution in [1.29, 1.82) is 0 Å². The van der Waals surface area contributed by atoms with Crippen LogP contribution in [0.1, 0.15) is 0 Å². The first-order chi connectivity index (χ1) is 5.20. The zero-order valence-corrected chi connectivity index (χ0v) is 7.01. The molecule has 0 aromatic heterocycles. The minimum atomic E-state index is -1.14. The van der Waals surface area contributed by atoms with E-state index in [0.717, 1.165) is 4.90 Å². The van der Waals surface area contributed by atoms with E-state index >= 15 is 0 Å². The number of carboxylic acid groups (broad SMARTS) is 1. The van der Waals surface area contributed by atoms with Crippen molar-refractivity contribution >= 4 is 21.8 Å². The van der Waals surface area contributed by atoms with Crippen LogP contribution in [0.15, 0.2) is 0 Å². The molecule has 0 heterocycles. The number of rotatable bonds is 2. The summed E-state index contributed by atoms with van der Waals surface area (Å²) in [5.41, 5.74) is 0. The van der Waals surface area contributed by atoms with Crippen molar-refractivity contribution in [1.82, 2.24) is 4.90 Å². The van der Waals surface area contributed by atoms with E-state index in [-0.39, 0.29) is 0 Å². The van der Waals surface area contributed by atoms with Crippen molar-refractivity contribution in [2.45, 2.75) is 0 Å². The van der Waals surface area contributed by atoms with Gasteiger partial charge < -0.3 is 0 Å². The monoisotopic (exact) mass is 191 g/mol. The third-order valence-electron chi connectivity index (χ3n) is 0.616. The topological polar surface area (TPSA) is 74.7 Å². The summed E-state index contributed by atoms with van der Waals surface area (Å²) in [6.07, 6.45) is 0. The summed E-state index contributed by atoms with van der Waals surface area (Å²) < 4.78 is 19.8. The molecule has 0 aromatic rings. The van der Waals surface area contributed by atoms with Crippen LogP contribution in [0.5, 0.6) is 0 Å². The number of aliphatic carboxylic acids is 1. The number of hydrogen-bond acceptors (Lipinski definition) is 4. The SMILES string of the molecule is O=P#CN(C#P=O)CC(=O)O. The molecule has 11 heavy (non-hydrogen) atoms. The molecule has 0 radical (unpaired) electrons. The maximum atomic E-state index is 10.0. The van der Waals surface area contributed by atoms with Crippen LogP contribution < -0.4 is 0 Å². The summed E-state index contributed by atoms with van der Waals surface area (Å²) in [6, 6.07) is 0. The van der Waals surface area contributed by atoms with Gasteiger partial charge in [-0.1, -0.05) is 0 Å². The number of carboxylic acids is 1. The van der Waals surface area contributed by atoms with Crippen LogP contribution in [-0.4, -0.2) is 22.5 Å². The van der Waals surface area contributed by atoms with E-state index < -0.39 is 28.3 Å². The van der Waals surface area contributed by atoms with Gasteiger partial charge in [-0.2, -0.15) is 0 Å². The Labute approximate surface area is 64.6 Å². The fourth-order valence-electron chi connectivity index (χ4n) is 0.327. The van der Waals surface area contributed by atoms with Gasteiger partial charge >= 0.3 is 63.8 Å². The molecule has 58 valence electrons. The first-order valence-corrected chi connectivity index (χ1v) is 3.98. The molecule has 0 saturated heterocycles. The molecule has 0 aliphatic heterocycles. The molecule has 0 unspecified atom stereocenters. The van der Waals surface area contributed by atoms with Crippen LogP contribution >= 0.6 is 15.8 Å².